The summed E-state index contributed by atoms with van der Waals surface area (Å²) in [6, 6.07) is 18.3. The highest BCUT2D eigenvalue weighted by molar-refractivity contribution is 5.91. The van der Waals surface area contributed by atoms with Gasteiger partial charge in [0.15, 0.2) is 0 Å². The van der Waals surface area contributed by atoms with Crippen LogP contribution in [-0.2, 0) is 0 Å². The van der Waals surface area contributed by atoms with Gasteiger partial charge in [-0.2, -0.15) is 5.26 Å². The van der Waals surface area contributed by atoms with Crippen LogP contribution in [0.1, 0.15) is 11.1 Å². The fourth-order valence-corrected chi connectivity index (χ4v) is 3.10. The predicted octanol–water partition coefficient (Wildman–Crippen LogP) is 3.85. The molecule has 6 nitrogen and oxygen atoms in total. The number of pyridine rings is 3. The Hall–Kier alpha value is -4.24. The molecule has 3 heterocycles. The van der Waals surface area contributed by atoms with Crippen LogP contribution in [0.4, 0.5) is 0 Å². The molecular weight excluding hydrogens is 364 g/mol. The molecule has 4 rings (SSSR count). The largest absolute Gasteiger partial charge is 0.497 e. The van der Waals surface area contributed by atoms with E-state index in [9.17, 15) is 10.1 Å². The van der Waals surface area contributed by atoms with Crippen LogP contribution in [0, 0.1) is 11.3 Å². The van der Waals surface area contributed by atoms with Crippen LogP contribution < -0.4 is 10.3 Å². The SMILES string of the molecule is COc1ccc(-n2c(=O)c(/C=C(/C#N)c3cccnc3)cc3cccnc32)cc1. The minimum absolute atomic E-state index is 0.266. The van der Waals surface area contributed by atoms with Crippen LogP contribution in [0.2, 0.25) is 0 Å². The van der Waals surface area contributed by atoms with E-state index >= 15 is 0 Å². The molecule has 0 amide bonds. The molecule has 0 bridgehead atoms. The molecule has 4 aromatic rings. The zero-order valence-corrected chi connectivity index (χ0v) is 15.6. The standard InChI is InChI=1S/C23H16N4O2/c1-29-21-8-6-20(7-9-21)27-22-16(4-3-11-26-22)12-18(23(27)28)13-19(14-24)17-5-2-10-25-15-17/h2-13,15H,1H3/b19-13-. The van der Waals surface area contributed by atoms with Crippen LogP contribution in [0.5, 0.6) is 5.75 Å². The van der Waals surface area contributed by atoms with E-state index in [4.69, 9.17) is 4.74 Å². The van der Waals surface area contributed by atoms with Crippen molar-refractivity contribution >= 4 is 22.7 Å². The summed E-state index contributed by atoms with van der Waals surface area (Å²) in [6.07, 6.45) is 6.47. The third kappa shape index (κ3) is 3.49. The average molecular weight is 380 g/mol. The van der Waals surface area contributed by atoms with Crippen molar-refractivity contribution in [3.63, 3.8) is 0 Å². The Labute approximate surface area is 167 Å². The van der Waals surface area contributed by atoms with Crippen LogP contribution in [0.25, 0.3) is 28.4 Å². The molecule has 0 atom stereocenters. The first-order chi connectivity index (χ1) is 14.2. The van der Waals surface area contributed by atoms with Gasteiger partial charge in [-0.1, -0.05) is 6.07 Å². The molecule has 140 valence electrons. The number of methoxy groups -OCH3 is 1. The monoisotopic (exact) mass is 380 g/mol. The third-order valence-electron chi connectivity index (χ3n) is 4.51. The summed E-state index contributed by atoms with van der Waals surface area (Å²) in [4.78, 5) is 21.8. The zero-order chi connectivity index (χ0) is 20.2. The number of nitriles is 1. The van der Waals surface area contributed by atoms with E-state index in [1.54, 1.807) is 78.8 Å². The van der Waals surface area contributed by atoms with E-state index in [1.165, 1.54) is 0 Å². The first-order valence-corrected chi connectivity index (χ1v) is 8.88. The fourth-order valence-electron chi connectivity index (χ4n) is 3.10. The molecule has 0 spiro atoms. The van der Waals surface area contributed by atoms with Gasteiger partial charge in [-0.05, 0) is 54.6 Å². The lowest BCUT2D eigenvalue weighted by atomic mass is 10.1. The second-order valence-electron chi connectivity index (χ2n) is 6.27. The summed E-state index contributed by atoms with van der Waals surface area (Å²) < 4.78 is 6.75. The van der Waals surface area contributed by atoms with E-state index in [0.717, 1.165) is 5.39 Å². The number of hydrogen-bond donors (Lipinski definition) is 0. The van der Waals surface area contributed by atoms with Crippen molar-refractivity contribution in [1.29, 1.82) is 5.26 Å². The predicted molar refractivity (Wildman–Crippen MR) is 112 cm³/mol. The molecule has 0 aliphatic carbocycles. The van der Waals surface area contributed by atoms with Gasteiger partial charge in [-0.15, -0.1) is 0 Å². The summed E-state index contributed by atoms with van der Waals surface area (Å²) in [6.45, 7) is 0. The van der Waals surface area contributed by atoms with Gasteiger partial charge in [0.05, 0.1) is 24.4 Å². The Balaban J connectivity index is 1.97. The molecule has 0 saturated carbocycles. The van der Waals surface area contributed by atoms with Gasteiger partial charge in [0.25, 0.3) is 5.56 Å². The second-order valence-corrected chi connectivity index (χ2v) is 6.27. The van der Waals surface area contributed by atoms with Crippen LogP contribution >= 0.6 is 0 Å². The Bertz CT molecular complexity index is 1300. The highest BCUT2D eigenvalue weighted by atomic mass is 16.5. The van der Waals surface area contributed by atoms with Crippen LogP contribution in [0.3, 0.4) is 0 Å². The molecule has 0 fully saturated rings. The number of fused-ring (bicyclic) bond motifs is 1. The topological polar surface area (TPSA) is 80.8 Å². The van der Waals surface area contributed by atoms with E-state index in [2.05, 4.69) is 16.0 Å². The van der Waals surface area contributed by atoms with Gasteiger partial charge >= 0.3 is 0 Å². The molecule has 0 saturated heterocycles. The van der Waals surface area contributed by atoms with E-state index < -0.39 is 0 Å². The maximum atomic E-state index is 13.3. The molecule has 0 radical (unpaired) electrons. The molecule has 3 aromatic heterocycles. The van der Waals surface area contributed by atoms with Crippen molar-refractivity contribution in [2.75, 3.05) is 7.11 Å². The number of aromatic nitrogens is 3. The van der Waals surface area contributed by atoms with Gasteiger partial charge in [-0.3, -0.25) is 14.3 Å². The quantitative estimate of drug-likeness (QED) is 0.502. The van der Waals surface area contributed by atoms with Crippen LogP contribution in [-0.4, -0.2) is 21.6 Å². The molecule has 0 N–H and O–H groups in total. The number of benzene rings is 1. The number of hydrogen-bond acceptors (Lipinski definition) is 5. The van der Waals surface area contributed by atoms with E-state index in [0.29, 0.717) is 33.8 Å². The summed E-state index contributed by atoms with van der Waals surface area (Å²) in [5, 5.41) is 10.4. The summed E-state index contributed by atoms with van der Waals surface area (Å²) in [5.74, 6) is 0.693. The van der Waals surface area contributed by atoms with Gasteiger partial charge in [0, 0.05) is 35.1 Å². The van der Waals surface area contributed by atoms with Crippen molar-refractivity contribution in [1.82, 2.24) is 14.5 Å². The Kier molecular flexibility index (Phi) is 4.87. The highest BCUT2D eigenvalue weighted by Gasteiger charge is 2.12. The second kappa shape index (κ2) is 7.79. The highest BCUT2D eigenvalue weighted by Crippen LogP contribution is 2.21. The van der Waals surface area contributed by atoms with Gasteiger partial charge in [-0.25, -0.2) is 4.98 Å². The maximum absolute atomic E-state index is 13.3. The Morgan fingerprint density at radius 3 is 2.62 bits per heavy atom. The molecule has 0 aliphatic heterocycles. The summed E-state index contributed by atoms with van der Waals surface area (Å²) >= 11 is 0. The first kappa shape index (κ1) is 18.1. The molecule has 29 heavy (non-hydrogen) atoms. The molecule has 0 aliphatic rings. The van der Waals surface area contributed by atoms with E-state index in [1.807, 2.05) is 12.1 Å². The normalized spacial score (nSPS) is 11.2. The molecule has 0 unspecified atom stereocenters. The van der Waals surface area contributed by atoms with Gasteiger partial charge in [0.2, 0.25) is 0 Å². The number of rotatable bonds is 4. The smallest absolute Gasteiger partial charge is 0.264 e. The third-order valence-corrected chi connectivity index (χ3v) is 4.51. The number of ether oxygens (including phenoxy) is 1. The Morgan fingerprint density at radius 1 is 1.14 bits per heavy atom. The minimum Gasteiger partial charge on any atom is -0.497 e. The summed E-state index contributed by atoms with van der Waals surface area (Å²) in [7, 11) is 1.59. The fraction of sp³-hybridized carbons (Fsp3) is 0.0435. The molecular formula is C23H16N4O2. The van der Waals surface area contributed by atoms with Gasteiger partial charge < -0.3 is 4.74 Å². The van der Waals surface area contributed by atoms with Gasteiger partial charge in [0.1, 0.15) is 11.4 Å². The lowest BCUT2D eigenvalue weighted by Gasteiger charge is -2.12. The Morgan fingerprint density at radius 2 is 1.93 bits per heavy atom. The maximum Gasteiger partial charge on any atom is 0.264 e. The molecule has 6 heteroatoms. The van der Waals surface area contributed by atoms with Crippen molar-refractivity contribution in [2.24, 2.45) is 0 Å². The van der Waals surface area contributed by atoms with Crippen LogP contribution in [0.15, 0.2) is 78.0 Å². The molecule has 1 aromatic carbocycles. The minimum atomic E-state index is -0.266. The lowest BCUT2D eigenvalue weighted by Crippen LogP contribution is -2.21. The van der Waals surface area contributed by atoms with Crippen molar-refractivity contribution in [2.45, 2.75) is 0 Å². The number of nitrogens with zero attached hydrogens (tertiary/aromatic N) is 4. The van der Waals surface area contributed by atoms with Crippen molar-refractivity contribution in [3.05, 3.63) is 94.7 Å². The average Bonchev–Trinajstić information content (AvgIpc) is 2.78. The zero-order valence-electron chi connectivity index (χ0n) is 15.6. The van der Waals surface area contributed by atoms with Crippen molar-refractivity contribution < 1.29 is 4.74 Å². The summed E-state index contributed by atoms with van der Waals surface area (Å²) in [5.41, 5.74) is 2.34. The lowest BCUT2D eigenvalue weighted by molar-refractivity contribution is 0.414. The van der Waals surface area contributed by atoms with E-state index in [-0.39, 0.29) is 5.56 Å². The number of allylic oxidation sites excluding steroid dienone is 1. The first-order valence-electron chi connectivity index (χ1n) is 8.88. The van der Waals surface area contributed by atoms with Crippen molar-refractivity contribution in [3.8, 4) is 17.5 Å².